The van der Waals surface area contributed by atoms with Gasteiger partial charge in [0, 0.05) is 44.6 Å². The molecule has 1 aliphatic rings. The molecule has 8 nitrogen and oxygen atoms in total. The fraction of sp³-hybridized carbons (Fsp3) is 0.389. The van der Waals surface area contributed by atoms with Gasteiger partial charge >= 0.3 is 0 Å². The highest BCUT2D eigenvalue weighted by Gasteiger charge is 2.29. The number of hydrogen-bond donors (Lipinski definition) is 0. The Labute approximate surface area is 150 Å². The van der Waals surface area contributed by atoms with Gasteiger partial charge in [-0.1, -0.05) is 5.16 Å². The molecule has 1 aliphatic heterocycles. The van der Waals surface area contributed by atoms with Gasteiger partial charge in [-0.15, -0.1) is 0 Å². The molecule has 26 heavy (non-hydrogen) atoms. The fourth-order valence-corrected chi connectivity index (χ4v) is 3.30. The summed E-state index contributed by atoms with van der Waals surface area (Å²) in [7, 11) is 1.85. The van der Waals surface area contributed by atoms with E-state index in [2.05, 4.69) is 25.0 Å². The molecule has 1 fully saturated rings. The second-order valence-electron chi connectivity index (χ2n) is 6.56. The van der Waals surface area contributed by atoms with Gasteiger partial charge in [-0.3, -0.25) is 4.79 Å². The first-order valence-electron chi connectivity index (χ1n) is 8.65. The summed E-state index contributed by atoms with van der Waals surface area (Å²) in [5.41, 5.74) is 0.784. The van der Waals surface area contributed by atoms with Gasteiger partial charge < -0.3 is 14.0 Å². The number of carbonyl (C=O) groups is 1. The van der Waals surface area contributed by atoms with Gasteiger partial charge in [-0.2, -0.15) is 4.98 Å². The second kappa shape index (κ2) is 6.70. The van der Waals surface area contributed by atoms with Gasteiger partial charge in [0.25, 0.3) is 5.89 Å². The molecular weight excluding hydrogens is 332 g/mol. The van der Waals surface area contributed by atoms with Gasteiger partial charge in [-0.05, 0) is 31.9 Å². The summed E-state index contributed by atoms with van der Waals surface area (Å²) in [4.78, 5) is 27.8. The van der Waals surface area contributed by atoms with Gasteiger partial charge in [0.2, 0.25) is 5.78 Å². The minimum atomic E-state index is -0.0649. The molecular formula is C18H20N6O2. The van der Waals surface area contributed by atoms with Crippen molar-refractivity contribution >= 4 is 11.6 Å². The summed E-state index contributed by atoms with van der Waals surface area (Å²) < 4.78 is 6.95. The number of ketones is 1. The van der Waals surface area contributed by atoms with E-state index in [9.17, 15) is 4.79 Å². The smallest absolute Gasteiger partial charge is 0.259 e. The first kappa shape index (κ1) is 16.4. The molecule has 0 aromatic carbocycles. The molecule has 1 atom stereocenters. The van der Waals surface area contributed by atoms with Crippen LogP contribution in [0.15, 0.2) is 35.2 Å². The lowest BCUT2D eigenvalue weighted by atomic mass is 9.93. The molecule has 4 rings (SSSR count). The zero-order valence-corrected chi connectivity index (χ0v) is 14.8. The van der Waals surface area contributed by atoms with E-state index in [4.69, 9.17) is 4.52 Å². The molecule has 0 unspecified atom stereocenters. The fourth-order valence-electron chi connectivity index (χ4n) is 3.30. The van der Waals surface area contributed by atoms with Crippen LogP contribution in [0.4, 0.5) is 5.82 Å². The van der Waals surface area contributed by atoms with E-state index in [0.29, 0.717) is 24.1 Å². The number of Topliss-reactive ketones (excluding diaryl/α,β-unsaturated/α-hetero) is 1. The molecule has 3 aromatic rings. The van der Waals surface area contributed by atoms with Crippen LogP contribution in [0.1, 0.15) is 29.3 Å². The van der Waals surface area contributed by atoms with Crippen LogP contribution >= 0.6 is 0 Å². The number of rotatable bonds is 4. The van der Waals surface area contributed by atoms with Crippen LogP contribution in [0.25, 0.3) is 11.5 Å². The third-order valence-electron chi connectivity index (χ3n) is 4.68. The normalized spacial score (nSPS) is 17.5. The number of nitrogens with zero attached hydrogens (tertiary/aromatic N) is 6. The number of aryl methyl sites for hydroxylation is 2. The number of aromatic nitrogens is 5. The lowest BCUT2D eigenvalue weighted by Crippen LogP contribution is -2.39. The standard InChI is InChI=1S/C18H20N6O2/c1-12-21-18(26-22-12)13-5-6-15(20-10-13)24-8-3-4-14(11-24)16(25)17-19-7-9-23(17)2/h5-7,9-10,14H,3-4,8,11H2,1-2H3/t14-/m1/s1. The first-order valence-corrected chi connectivity index (χ1v) is 8.65. The van der Waals surface area contributed by atoms with E-state index in [-0.39, 0.29) is 11.7 Å². The Morgan fingerprint density at radius 2 is 2.19 bits per heavy atom. The molecule has 0 bridgehead atoms. The number of imidazole rings is 1. The maximum Gasteiger partial charge on any atom is 0.259 e. The summed E-state index contributed by atoms with van der Waals surface area (Å²) in [6.07, 6.45) is 7.02. The Hall–Kier alpha value is -3.03. The van der Waals surface area contributed by atoms with Crippen LogP contribution in [-0.4, -0.2) is 43.5 Å². The molecule has 0 aliphatic carbocycles. The lowest BCUT2D eigenvalue weighted by molar-refractivity contribution is 0.0893. The van der Waals surface area contributed by atoms with E-state index in [1.54, 1.807) is 30.1 Å². The third-order valence-corrected chi connectivity index (χ3v) is 4.68. The molecule has 134 valence electrons. The van der Waals surface area contributed by atoms with Crippen LogP contribution in [-0.2, 0) is 7.05 Å². The SMILES string of the molecule is Cc1noc(-c2ccc(N3CCC[C@@H](C(=O)c4nccn4C)C3)nc2)n1. The van der Waals surface area contributed by atoms with E-state index in [1.165, 1.54) is 0 Å². The Balaban J connectivity index is 1.49. The minimum Gasteiger partial charge on any atom is -0.356 e. The summed E-state index contributed by atoms with van der Waals surface area (Å²) in [5, 5.41) is 3.80. The predicted molar refractivity (Wildman–Crippen MR) is 94.7 cm³/mol. The highest BCUT2D eigenvalue weighted by atomic mass is 16.5. The number of hydrogen-bond acceptors (Lipinski definition) is 7. The third kappa shape index (κ3) is 3.10. The molecule has 3 aromatic heterocycles. The largest absolute Gasteiger partial charge is 0.356 e. The summed E-state index contributed by atoms with van der Waals surface area (Å²) in [6.45, 7) is 3.31. The first-order chi connectivity index (χ1) is 12.6. The van der Waals surface area contributed by atoms with Gasteiger partial charge in [0.15, 0.2) is 11.6 Å². The van der Waals surface area contributed by atoms with Crippen molar-refractivity contribution in [3.8, 4) is 11.5 Å². The van der Waals surface area contributed by atoms with Crippen molar-refractivity contribution in [1.29, 1.82) is 0 Å². The number of anilines is 1. The van der Waals surface area contributed by atoms with Crippen LogP contribution in [0.3, 0.4) is 0 Å². The zero-order chi connectivity index (χ0) is 18.1. The minimum absolute atomic E-state index is 0.0649. The Bertz CT molecular complexity index is 914. The molecule has 1 saturated heterocycles. The van der Waals surface area contributed by atoms with E-state index in [1.807, 2.05) is 19.2 Å². The topological polar surface area (TPSA) is 89.9 Å². The number of carbonyl (C=O) groups excluding carboxylic acids is 1. The van der Waals surface area contributed by atoms with E-state index in [0.717, 1.165) is 30.8 Å². The van der Waals surface area contributed by atoms with Crippen LogP contribution in [0.5, 0.6) is 0 Å². The van der Waals surface area contributed by atoms with Crippen LogP contribution in [0.2, 0.25) is 0 Å². The van der Waals surface area contributed by atoms with E-state index < -0.39 is 0 Å². The monoisotopic (exact) mass is 352 g/mol. The molecule has 0 radical (unpaired) electrons. The maximum absolute atomic E-state index is 12.7. The Kier molecular flexibility index (Phi) is 4.24. The Morgan fingerprint density at radius 3 is 2.85 bits per heavy atom. The molecule has 0 N–H and O–H groups in total. The second-order valence-corrected chi connectivity index (χ2v) is 6.56. The van der Waals surface area contributed by atoms with Gasteiger partial charge in [-0.25, -0.2) is 9.97 Å². The van der Waals surface area contributed by atoms with Crippen molar-refractivity contribution in [3.63, 3.8) is 0 Å². The zero-order valence-electron chi connectivity index (χ0n) is 14.8. The molecule has 0 amide bonds. The summed E-state index contributed by atoms with van der Waals surface area (Å²) >= 11 is 0. The summed E-state index contributed by atoms with van der Waals surface area (Å²) in [5.74, 6) is 2.46. The molecule has 0 saturated carbocycles. The predicted octanol–water partition coefficient (Wildman–Crippen LogP) is 2.27. The number of pyridine rings is 1. The van der Waals surface area contributed by atoms with E-state index >= 15 is 0 Å². The maximum atomic E-state index is 12.7. The van der Waals surface area contributed by atoms with Crippen molar-refractivity contribution in [2.45, 2.75) is 19.8 Å². The average Bonchev–Trinajstić information content (AvgIpc) is 3.30. The lowest BCUT2D eigenvalue weighted by Gasteiger charge is -2.32. The average molecular weight is 352 g/mol. The molecule has 0 spiro atoms. The van der Waals surface area contributed by atoms with Gasteiger partial charge in [0.05, 0.1) is 5.56 Å². The molecule has 8 heteroatoms. The summed E-state index contributed by atoms with van der Waals surface area (Å²) in [6, 6.07) is 3.85. The van der Waals surface area contributed by atoms with Crippen molar-refractivity contribution in [1.82, 2.24) is 24.7 Å². The van der Waals surface area contributed by atoms with Crippen molar-refractivity contribution in [3.05, 3.63) is 42.4 Å². The number of piperidine rings is 1. The highest BCUT2D eigenvalue weighted by molar-refractivity contribution is 5.95. The van der Waals surface area contributed by atoms with Gasteiger partial charge in [0.1, 0.15) is 5.82 Å². The van der Waals surface area contributed by atoms with Crippen LogP contribution < -0.4 is 4.90 Å². The highest BCUT2D eigenvalue weighted by Crippen LogP contribution is 2.25. The molecule has 4 heterocycles. The van der Waals surface area contributed by atoms with Crippen molar-refractivity contribution < 1.29 is 9.32 Å². The van der Waals surface area contributed by atoms with Crippen molar-refractivity contribution in [2.75, 3.05) is 18.0 Å². The van der Waals surface area contributed by atoms with Crippen LogP contribution in [0, 0.1) is 12.8 Å². The quantitative estimate of drug-likeness (QED) is 0.665. The van der Waals surface area contributed by atoms with Crippen molar-refractivity contribution in [2.24, 2.45) is 13.0 Å². The Morgan fingerprint density at radius 1 is 1.31 bits per heavy atom.